The molecular formula is C22H21F3N6O3. The van der Waals surface area contributed by atoms with Gasteiger partial charge in [-0.3, -0.25) is 10.1 Å². The number of ether oxygens (including phenoxy) is 1. The molecule has 1 aliphatic heterocycles. The lowest BCUT2D eigenvalue weighted by Gasteiger charge is -2.36. The number of halogens is 3. The molecule has 1 N–H and O–H groups in total. The van der Waals surface area contributed by atoms with Crippen LogP contribution < -0.4 is 19.9 Å². The van der Waals surface area contributed by atoms with Crippen molar-refractivity contribution in [2.45, 2.75) is 6.18 Å². The van der Waals surface area contributed by atoms with E-state index in [1.54, 1.807) is 12.0 Å². The predicted molar refractivity (Wildman–Crippen MR) is 121 cm³/mol. The van der Waals surface area contributed by atoms with Gasteiger partial charge in [-0.15, -0.1) is 0 Å². The summed E-state index contributed by atoms with van der Waals surface area (Å²) in [5, 5.41) is 14.4. The van der Waals surface area contributed by atoms with Gasteiger partial charge < -0.3 is 19.9 Å². The van der Waals surface area contributed by atoms with Gasteiger partial charge in [0.2, 0.25) is 11.6 Å². The molecule has 0 unspecified atom stereocenters. The molecule has 1 aromatic heterocycles. The third kappa shape index (κ3) is 4.80. The average Bonchev–Trinajstić information content (AvgIpc) is 2.83. The number of para-hydroxylation sites is 1. The van der Waals surface area contributed by atoms with Gasteiger partial charge in [0.15, 0.2) is 0 Å². The molecule has 2 heterocycles. The Labute approximate surface area is 193 Å². The van der Waals surface area contributed by atoms with Crippen LogP contribution in [-0.4, -0.2) is 48.2 Å². The van der Waals surface area contributed by atoms with Crippen molar-refractivity contribution in [3.8, 4) is 5.75 Å². The summed E-state index contributed by atoms with van der Waals surface area (Å²) in [4.78, 5) is 23.1. The van der Waals surface area contributed by atoms with Gasteiger partial charge in [0.25, 0.3) is 0 Å². The first-order valence-corrected chi connectivity index (χ1v) is 10.3. The molecule has 178 valence electrons. The van der Waals surface area contributed by atoms with Crippen molar-refractivity contribution in [2.24, 2.45) is 0 Å². The predicted octanol–water partition coefficient (Wildman–Crippen LogP) is 4.48. The molecule has 0 aliphatic carbocycles. The lowest BCUT2D eigenvalue weighted by atomic mass is 10.1. The molecule has 0 saturated carbocycles. The molecule has 34 heavy (non-hydrogen) atoms. The first-order chi connectivity index (χ1) is 16.3. The summed E-state index contributed by atoms with van der Waals surface area (Å²) < 4.78 is 45.3. The summed E-state index contributed by atoms with van der Waals surface area (Å²) in [6, 6.07) is 12.3. The summed E-state index contributed by atoms with van der Waals surface area (Å²) in [5.41, 5.74) is -0.759. The van der Waals surface area contributed by atoms with Gasteiger partial charge in [0.05, 0.1) is 23.3 Å². The maximum atomic E-state index is 13.4. The molecule has 3 aromatic rings. The summed E-state index contributed by atoms with van der Waals surface area (Å²) in [7, 11) is 1.59. The first kappa shape index (κ1) is 23.1. The second-order valence-corrected chi connectivity index (χ2v) is 7.49. The smallest absolute Gasteiger partial charge is 0.418 e. The van der Waals surface area contributed by atoms with Crippen molar-refractivity contribution < 1.29 is 22.8 Å². The Hall–Kier alpha value is -4.09. The molecule has 2 aromatic carbocycles. The van der Waals surface area contributed by atoms with Crippen molar-refractivity contribution in [2.75, 3.05) is 48.4 Å². The van der Waals surface area contributed by atoms with E-state index in [2.05, 4.69) is 20.2 Å². The topological polar surface area (TPSA) is 96.7 Å². The van der Waals surface area contributed by atoms with E-state index in [9.17, 15) is 23.3 Å². The monoisotopic (exact) mass is 474 g/mol. The van der Waals surface area contributed by atoms with Crippen LogP contribution in [0.4, 0.5) is 41.9 Å². The highest BCUT2D eigenvalue weighted by Gasteiger charge is 2.35. The molecular weight excluding hydrogens is 453 g/mol. The molecule has 9 nitrogen and oxygen atoms in total. The lowest BCUT2D eigenvalue weighted by Crippen LogP contribution is -2.47. The number of nitrogens with zero attached hydrogens (tertiary/aromatic N) is 5. The quantitative estimate of drug-likeness (QED) is 0.413. The molecule has 1 aliphatic rings. The highest BCUT2D eigenvalue weighted by atomic mass is 19.4. The number of nitro groups is 1. The van der Waals surface area contributed by atoms with Crippen LogP contribution in [0.15, 0.2) is 54.9 Å². The van der Waals surface area contributed by atoms with Crippen LogP contribution in [0.5, 0.6) is 5.75 Å². The number of alkyl halides is 3. The second-order valence-electron chi connectivity index (χ2n) is 7.49. The normalized spacial score (nSPS) is 14.1. The fraction of sp³-hybridized carbons (Fsp3) is 0.273. The van der Waals surface area contributed by atoms with Gasteiger partial charge in [0, 0.05) is 31.9 Å². The van der Waals surface area contributed by atoms with Crippen LogP contribution in [0.25, 0.3) is 0 Å². The van der Waals surface area contributed by atoms with E-state index in [0.717, 1.165) is 23.8 Å². The Balaban J connectivity index is 1.57. The van der Waals surface area contributed by atoms with Crippen LogP contribution in [0.2, 0.25) is 0 Å². The van der Waals surface area contributed by atoms with Gasteiger partial charge in [0.1, 0.15) is 12.1 Å². The average molecular weight is 474 g/mol. The number of piperazine rings is 1. The Bertz CT molecular complexity index is 1170. The first-order valence-electron chi connectivity index (χ1n) is 10.3. The van der Waals surface area contributed by atoms with Gasteiger partial charge in [-0.1, -0.05) is 12.1 Å². The van der Waals surface area contributed by atoms with Crippen LogP contribution >= 0.6 is 0 Å². The second kappa shape index (κ2) is 9.41. The van der Waals surface area contributed by atoms with E-state index in [-0.39, 0.29) is 17.3 Å². The molecule has 1 fully saturated rings. The Morgan fingerprint density at radius 3 is 2.26 bits per heavy atom. The number of benzene rings is 2. The fourth-order valence-electron chi connectivity index (χ4n) is 3.80. The van der Waals surface area contributed by atoms with Crippen LogP contribution in [0.1, 0.15) is 5.56 Å². The number of rotatable bonds is 6. The molecule has 1 saturated heterocycles. The zero-order chi connectivity index (χ0) is 24.3. The Morgan fingerprint density at radius 2 is 1.65 bits per heavy atom. The molecule has 0 radical (unpaired) electrons. The van der Waals surface area contributed by atoms with Crippen LogP contribution in [-0.2, 0) is 6.18 Å². The number of hydrogen-bond donors (Lipinski definition) is 1. The number of hydrogen-bond acceptors (Lipinski definition) is 8. The maximum Gasteiger partial charge on any atom is 0.418 e. The van der Waals surface area contributed by atoms with Crippen molar-refractivity contribution in [1.29, 1.82) is 0 Å². The summed E-state index contributed by atoms with van der Waals surface area (Å²) >= 11 is 0. The molecule has 0 atom stereocenters. The van der Waals surface area contributed by atoms with E-state index >= 15 is 0 Å². The number of aromatic nitrogens is 2. The third-order valence-corrected chi connectivity index (χ3v) is 5.49. The van der Waals surface area contributed by atoms with E-state index in [1.807, 2.05) is 24.3 Å². The summed E-state index contributed by atoms with van der Waals surface area (Å²) in [6.07, 6.45) is -3.53. The van der Waals surface area contributed by atoms with Crippen molar-refractivity contribution in [1.82, 2.24) is 9.97 Å². The molecule has 4 rings (SSSR count). The molecule has 0 amide bonds. The van der Waals surface area contributed by atoms with Crippen LogP contribution in [0, 0.1) is 10.1 Å². The maximum absolute atomic E-state index is 13.4. The van der Waals surface area contributed by atoms with Crippen molar-refractivity contribution >= 4 is 28.7 Å². The fourth-order valence-corrected chi connectivity index (χ4v) is 3.80. The van der Waals surface area contributed by atoms with Crippen molar-refractivity contribution in [3.05, 3.63) is 70.5 Å². The Kier molecular flexibility index (Phi) is 6.39. The number of anilines is 4. The molecule has 12 heteroatoms. The Morgan fingerprint density at radius 1 is 1.00 bits per heavy atom. The third-order valence-electron chi connectivity index (χ3n) is 5.49. The van der Waals surface area contributed by atoms with Crippen molar-refractivity contribution in [3.63, 3.8) is 0 Å². The van der Waals surface area contributed by atoms with E-state index in [1.165, 1.54) is 18.2 Å². The zero-order valence-corrected chi connectivity index (χ0v) is 18.1. The van der Waals surface area contributed by atoms with Crippen LogP contribution in [0.3, 0.4) is 0 Å². The highest BCUT2D eigenvalue weighted by molar-refractivity contribution is 5.76. The minimum Gasteiger partial charge on any atom is -0.497 e. The van der Waals surface area contributed by atoms with E-state index in [0.29, 0.717) is 26.2 Å². The molecule has 0 spiro atoms. The largest absolute Gasteiger partial charge is 0.497 e. The van der Waals surface area contributed by atoms with E-state index < -0.39 is 22.4 Å². The standard InChI is InChI=1S/C22H21F3N6O3/c1-34-16-8-6-15(7-9-16)29-10-12-30(13-11-29)21-19(31(32)33)20(26-14-27-21)28-18-5-3-2-4-17(18)22(23,24)25/h2-9,14H,10-13H2,1H3,(H,26,27,28). The summed E-state index contributed by atoms with van der Waals surface area (Å²) in [5.74, 6) is 0.497. The van der Waals surface area contributed by atoms with Gasteiger partial charge in [-0.05, 0) is 36.4 Å². The highest BCUT2D eigenvalue weighted by Crippen LogP contribution is 2.39. The number of methoxy groups -OCH3 is 1. The number of nitrogens with one attached hydrogen (secondary N) is 1. The van der Waals surface area contributed by atoms with Gasteiger partial charge >= 0.3 is 11.9 Å². The minimum absolute atomic E-state index is 0.0568. The van der Waals surface area contributed by atoms with Gasteiger partial charge in [-0.25, -0.2) is 9.97 Å². The lowest BCUT2D eigenvalue weighted by molar-refractivity contribution is -0.383. The van der Waals surface area contributed by atoms with Gasteiger partial charge in [-0.2, -0.15) is 13.2 Å². The molecule has 0 bridgehead atoms. The summed E-state index contributed by atoms with van der Waals surface area (Å²) in [6.45, 7) is 2.02. The SMILES string of the molecule is COc1ccc(N2CCN(c3ncnc(Nc4ccccc4C(F)(F)F)c3[N+](=O)[O-])CC2)cc1. The van der Waals surface area contributed by atoms with E-state index in [4.69, 9.17) is 4.74 Å². The zero-order valence-electron chi connectivity index (χ0n) is 18.1. The minimum atomic E-state index is -4.63.